The molecule has 3 aromatic rings. The minimum absolute atomic E-state index is 0. The Bertz CT molecular complexity index is 939. The fourth-order valence-electron chi connectivity index (χ4n) is 4.51. The number of rotatable bonds is 5. The summed E-state index contributed by atoms with van der Waals surface area (Å²) in [5.74, 6) is 0. The zero-order valence-corrected chi connectivity index (χ0v) is 18.3. The van der Waals surface area contributed by atoms with E-state index in [1.54, 1.807) is 0 Å². The molecule has 0 bridgehead atoms. The molecule has 2 atom stereocenters. The minimum atomic E-state index is -0.278. The van der Waals surface area contributed by atoms with Crippen molar-refractivity contribution in [1.82, 2.24) is 5.32 Å². The van der Waals surface area contributed by atoms with E-state index in [1.165, 1.54) is 33.4 Å². The maximum Gasteiger partial charge on any atom is 0.105 e. The number of hydrogen-bond acceptors (Lipinski definition) is 2. The summed E-state index contributed by atoms with van der Waals surface area (Å²) in [6, 6.07) is 26.6. The van der Waals surface area contributed by atoms with Gasteiger partial charge in [0.15, 0.2) is 0 Å². The lowest BCUT2D eigenvalue weighted by Crippen LogP contribution is -2.50. The highest BCUT2D eigenvalue weighted by Gasteiger charge is 2.40. The molecule has 4 rings (SSSR count). The Hall–Kier alpha value is -2.13. The van der Waals surface area contributed by atoms with Crippen molar-refractivity contribution < 1.29 is 4.74 Å². The van der Waals surface area contributed by atoms with Gasteiger partial charge in [0.25, 0.3) is 0 Å². The van der Waals surface area contributed by atoms with Gasteiger partial charge in [-0.25, -0.2) is 0 Å². The maximum atomic E-state index is 6.02. The van der Waals surface area contributed by atoms with Crippen LogP contribution in [-0.2, 0) is 16.8 Å². The summed E-state index contributed by atoms with van der Waals surface area (Å²) in [6.07, 6.45) is 2.18. The molecular weight excluding hydrogens is 378 g/mol. The van der Waals surface area contributed by atoms with Crippen LogP contribution < -0.4 is 5.32 Å². The fourth-order valence-corrected chi connectivity index (χ4v) is 4.51. The molecular formula is C26H30ClNO. The Morgan fingerprint density at radius 1 is 0.897 bits per heavy atom. The number of methoxy groups -OCH3 is 1. The zero-order valence-electron chi connectivity index (χ0n) is 17.4. The summed E-state index contributed by atoms with van der Waals surface area (Å²) in [7, 11) is 1.83. The summed E-state index contributed by atoms with van der Waals surface area (Å²) in [5, 5.41) is 3.61. The van der Waals surface area contributed by atoms with Crippen LogP contribution in [0, 0.1) is 0 Å². The predicted molar refractivity (Wildman–Crippen MR) is 125 cm³/mol. The van der Waals surface area contributed by atoms with Crippen molar-refractivity contribution >= 4 is 12.4 Å². The summed E-state index contributed by atoms with van der Waals surface area (Å²) in [5.41, 5.74) is 7.49. The van der Waals surface area contributed by atoms with Crippen LogP contribution in [0.15, 0.2) is 72.8 Å². The smallest absolute Gasteiger partial charge is 0.105 e. The highest BCUT2D eigenvalue weighted by molar-refractivity contribution is 5.85. The Kier molecular flexibility index (Phi) is 6.79. The Balaban J connectivity index is 0.00000240. The second-order valence-electron chi connectivity index (χ2n) is 7.78. The SMILES string of the molecule is CCNC1CCc2cc(-c3ccc(-c4ccccc4)cc3)ccc2C1(C)OC.Cl. The molecule has 152 valence electrons. The van der Waals surface area contributed by atoms with E-state index in [4.69, 9.17) is 4.74 Å². The number of halogens is 1. The van der Waals surface area contributed by atoms with Gasteiger partial charge in [-0.05, 0) is 59.7 Å². The van der Waals surface area contributed by atoms with Gasteiger partial charge >= 0.3 is 0 Å². The van der Waals surface area contributed by atoms with E-state index in [9.17, 15) is 0 Å². The molecule has 0 amide bonds. The van der Waals surface area contributed by atoms with Gasteiger partial charge in [0.1, 0.15) is 5.60 Å². The first-order valence-corrected chi connectivity index (χ1v) is 10.2. The molecule has 0 aromatic heterocycles. The van der Waals surface area contributed by atoms with E-state index >= 15 is 0 Å². The molecule has 29 heavy (non-hydrogen) atoms. The molecule has 0 saturated carbocycles. The van der Waals surface area contributed by atoms with Crippen molar-refractivity contribution in [2.24, 2.45) is 0 Å². The van der Waals surface area contributed by atoms with Crippen molar-refractivity contribution in [3.63, 3.8) is 0 Å². The second kappa shape index (κ2) is 9.13. The third kappa shape index (κ3) is 4.11. The van der Waals surface area contributed by atoms with Crippen molar-refractivity contribution in [2.45, 2.75) is 38.3 Å². The number of hydrogen-bond donors (Lipinski definition) is 1. The average molecular weight is 408 g/mol. The van der Waals surface area contributed by atoms with Crippen LogP contribution in [0.3, 0.4) is 0 Å². The van der Waals surface area contributed by atoms with Gasteiger partial charge in [-0.1, -0.05) is 79.7 Å². The standard InChI is InChI=1S/C26H29NO.ClH/c1-4-27-25-17-15-23-18-22(14-16-24(23)26(25,2)28-3)21-12-10-20(11-13-21)19-8-6-5-7-9-19;/h5-14,16,18,25,27H,4,15,17H2,1-3H3;1H. The average Bonchev–Trinajstić information content (AvgIpc) is 2.76. The number of likely N-dealkylation sites (N-methyl/N-ethyl adjacent to an activating group) is 1. The summed E-state index contributed by atoms with van der Waals surface area (Å²) in [6.45, 7) is 5.34. The van der Waals surface area contributed by atoms with E-state index in [1.807, 2.05) is 7.11 Å². The van der Waals surface area contributed by atoms with Crippen LogP contribution in [0.5, 0.6) is 0 Å². The predicted octanol–water partition coefficient (Wildman–Crippen LogP) is 6.23. The number of fused-ring (bicyclic) bond motifs is 1. The first-order valence-electron chi connectivity index (χ1n) is 10.2. The topological polar surface area (TPSA) is 21.3 Å². The van der Waals surface area contributed by atoms with Gasteiger partial charge in [0, 0.05) is 13.2 Å². The van der Waals surface area contributed by atoms with E-state index in [-0.39, 0.29) is 18.0 Å². The van der Waals surface area contributed by atoms with Crippen LogP contribution in [0.4, 0.5) is 0 Å². The highest BCUT2D eigenvalue weighted by Crippen LogP contribution is 2.39. The van der Waals surface area contributed by atoms with E-state index in [0.717, 1.165) is 19.4 Å². The minimum Gasteiger partial charge on any atom is -0.372 e. The second-order valence-corrected chi connectivity index (χ2v) is 7.78. The van der Waals surface area contributed by atoms with Gasteiger partial charge in [0.2, 0.25) is 0 Å². The molecule has 3 heteroatoms. The lowest BCUT2D eigenvalue weighted by Gasteiger charge is -2.42. The lowest BCUT2D eigenvalue weighted by molar-refractivity contribution is -0.0386. The van der Waals surface area contributed by atoms with Crippen LogP contribution in [0.25, 0.3) is 22.3 Å². The van der Waals surface area contributed by atoms with Crippen LogP contribution in [0.1, 0.15) is 31.4 Å². The largest absolute Gasteiger partial charge is 0.372 e. The molecule has 2 nitrogen and oxygen atoms in total. The van der Waals surface area contributed by atoms with Gasteiger partial charge in [-0.2, -0.15) is 0 Å². The van der Waals surface area contributed by atoms with Crippen molar-refractivity contribution in [1.29, 1.82) is 0 Å². The van der Waals surface area contributed by atoms with E-state index in [0.29, 0.717) is 6.04 Å². The molecule has 2 unspecified atom stereocenters. The number of ether oxygens (including phenoxy) is 1. The third-order valence-corrected chi connectivity index (χ3v) is 6.21. The molecule has 0 saturated heterocycles. The molecule has 3 aromatic carbocycles. The maximum absolute atomic E-state index is 6.02. The zero-order chi connectivity index (χ0) is 19.6. The summed E-state index contributed by atoms with van der Waals surface area (Å²) < 4.78 is 6.02. The van der Waals surface area contributed by atoms with Gasteiger partial charge < -0.3 is 10.1 Å². The first kappa shape index (κ1) is 21.6. The molecule has 1 N–H and O–H groups in total. The number of nitrogens with one attached hydrogen (secondary N) is 1. The Labute approximate surface area is 180 Å². The lowest BCUT2D eigenvalue weighted by atomic mass is 9.75. The van der Waals surface area contributed by atoms with Crippen molar-refractivity contribution in [3.8, 4) is 22.3 Å². The highest BCUT2D eigenvalue weighted by atomic mass is 35.5. The number of benzene rings is 3. The summed E-state index contributed by atoms with van der Waals surface area (Å²) >= 11 is 0. The molecule has 1 aliphatic carbocycles. The molecule has 0 spiro atoms. The molecule has 0 heterocycles. The quantitative estimate of drug-likeness (QED) is 0.541. The Morgan fingerprint density at radius 2 is 1.48 bits per heavy atom. The fraction of sp³-hybridized carbons (Fsp3) is 0.308. The van der Waals surface area contributed by atoms with Crippen LogP contribution in [-0.4, -0.2) is 19.7 Å². The molecule has 0 aliphatic heterocycles. The van der Waals surface area contributed by atoms with Gasteiger partial charge in [0.05, 0.1) is 0 Å². The van der Waals surface area contributed by atoms with Crippen molar-refractivity contribution in [3.05, 3.63) is 83.9 Å². The normalized spacial score (nSPS) is 20.6. The molecule has 0 radical (unpaired) electrons. The Morgan fingerprint density at radius 3 is 2.10 bits per heavy atom. The number of aryl methyl sites for hydroxylation is 1. The van der Waals surface area contributed by atoms with E-state index in [2.05, 4.69) is 92.0 Å². The van der Waals surface area contributed by atoms with Crippen molar-refractivity contribution in [2.75, 3.05) is 13.7 Å². The van der Waals surface area contributed by atoms with Crippen LogP contribution >= 0.6 is 12.4 Å². The monoisotopic (exact) mass is 407 g/mol. The first-order chi connectivity index (χ1) is 13.7. The summed E-state index contributed by atoms with van der Waals surface area (Å²) in [4.78, 5) is 0. The van der Waals surface area contributed by atoms with Gasteiger partial charge in [-0.3, -0.25) is 0 Å². The van der Waals surface area contributed by atoms with Gasteiger partial charge in [-0.15, -0.1) is 12.4 Å². The van der Waals surface area contributed by atoms with Crippen LogP contribution in [0.2, 0.25) is 0 Å². The third-order valence-electron chi connectivity index (χ3n) is 6.21. The molecule has 1 aliphatic rings. The van der Waals surface area contributed by atoms with E-state index < -0.39 is 0 Å². The molecule has 0 fully saturated rings.